The smallest absolute Gasteiger partial charge is 0.411 e. The first-order chi connectivity index (χ1) is 12.7. The lowest BCUT2D eigenvalue weighted by molar-refractivity contribution is -0.384. The molecule has 0 unspecified atom stereocenters. The molecule has 1 aliphatic heterocycles. The number of carbonyl (C=O) groups excluding carboxylic acids is 1. The summed E-state index contributed by atoms with van der Waals surface area (Å²) in [5, 5.41) is 17.6. The molecule has 1 amide bonds. The predicted molar refractivity (Wildman–Crippen MR) is 105 cm³/mol. The lowest BCUT2D eigenvalue weighted by Crippen LogP contribution is -2.37. The van der Waals surface area contributed by atoms with Gasteiger partial charge >= 0.3 is 6.09 Å². The number of likely N-dealkylation sites (tertiary alicyclic amines) is 1. The number of benzene rings is 1. The second-order valence-corrected chi connectivity index (χ2v) is 8.00. The number of nitro benzene ring substituents is 1. The van der Waals surface area contributed by atoms with Gasteiger partial charge in [-0.15, -0.1) is 0 Å². The van der Waals surface area contributed by atoms with E-state index in [1.54, 1.807) is 17.0 Å². The van der Waals surface area contributed by atoms with E-state index in [0.717, 1.165) is 18.4 Å². The van der Waals surface area contributed by atoms with Crippen LogP contribution in [0.5, 0.6) is 0 Å². The van der Waals surface area contributed by atoms with E-state index < -0.39 is 4.92 Å². The molecule has 0 saturated carbocycles. The van der Waals surface area contributed by atoms with Gasteiger partial charge in [0.15, 0.2) is 6.73 Å². The van der Waals surface area contributed by atoms with Gasteiger partial charge in [0.05, 0.1) is 4.92 Å². The second-order valence-electron chi connectivity index (χ2n) is 8.00. The Morgan fingerprint density at radius 1 is 1.33 bits per heavy atom. The first-order valence-corrected chi connectivity index (χ1v) is 9.35. The van der Waals surface area contributed by atoms with E-state index in [9.17, 15) is 14.9 Å². The zero-order valence-electron chi connectivity index (χ0n) is 16.6. The molecular weight excluding hydrogens is 348 g/mol. The lowest BCUT2D eigenvalue weighted by Gasteiger charge is -2.28. The van der Waals surface area contributed by atoms with Crippen LogP contribution in [0.2, 0.25) is 0 Å². The summed E-state index contributed by atoms with van der Waals surface area (Å²) in [5.74, 6) is 0. The molecule has 0 bridgehead atoms. The molecule has 8 nitrogen and oxygen atoms in total. The fourth-order valence-corrected chi connectivity index (χ4v) is 2.73. The molecule has 0 aliphatic carbocycles. The van der Waals surface area contributed by atoms with Crippen molar-refractivity contribution in [2.24, 2.45) is 5.41 Å². The highest BCUT2D eigenvalue weighted by molar-refractivity contribution is 5.68. The zero-order valence-corrected chi connectivity index (χ0v) is 16.6. The molecule has 2 N–H and O–H groups in total. The van der Waals surface area contributed by atoms with E-state index in [4.69, 9.17) is 4.74 Å². The van der Waals surface area contributed by atoms with Crippen LogP contribution in [0.25, 0.3) is 0 Å². The lowest BCUT2D eigenvalue weighted by atomic mass is 9.88. The van der Waals surface area contributed by atoms with Gasteiger partial charge in [0, 0.05) is 31.7 Å². The molecule has 1 aliphatic rings. The van der Waals surface area contributed by atoms with E-state index in [1.165, 1.54) is 0 Å². The number of hydrogen-bond acceptors (Lipinski definition) is 6. The number of carbonyl (C=O) groups is 1. The molecule has 2 rings (SSSR count). The van der Waals surface area contributed by atoms with E-state index in [2.05, 4.69) is 38.3 Å². The number of amides is 1. The van der Waals surface area contributed by atoms with Crippen molar-refractivity contribution >= 4 is 17.5 Å². The van der Waals surface area contributed by atoms with Crippen LogP contribution in [0.15, 0.2) is 18.2 Å². The maximum Gasteiger partial charge on any atom is 0.411 e. The van der Waals surface area contributed by atoms with Gasteiger partial charge < -0.3 is 20.3 Å². The van der Waals surface area contributed by atoms with Crippen LogP contribution in [-0.4, -0.2) is 41.8 Å². The standard InChI is InChI=1S/C19H30N4O4/c1-14(19(2,3)4)20-12-15-7-8-16(17(11-15)23(25)26)21-13-27-18(24)22-9-5-6-10-22/h7-8,11,14,20-21H,5-6,9-10,12-13H2,1-4H3/t14-/m0/s1. The summed E-state index contributed by atoms with van der Waals surface area (Å²) in [6.45, 7) is 10.4. The topological polar surface area (TPSA) is 96.7 Å². The SMILES string of the molecule is C[C@H](NCc1ccc(NCOC(=O)N2CCCC2)c([N+](=O)[O-])c1)C(C)(C)C. The van der Waals surface area contributed by atoms with Crippen molar-refractivity contribution in [3.8, 4) is 0 Å². The average Bonchev–Trinajstić information content (AvgIpc) is 3.14. The third-order valence-electron chi connectivity index (χ3n) is 4.99. The van der Waals surface area contributed by atoms with Crippen molar-refractivity contribution in [2.75, 3.05) is 25.1 Å². The van der Waals surface area contributed by atoms with Gasteiger partial charge in [-0.2, -0.15) is 0 Å². The van der Waals surface area contributed by atoms with Gasteiger partial charge in [-0.25, -0.2) is 4.79 Å². The maximum absolute atomic E-state index is 11.9. The third kappa shape index (κ3) is 6.09. The molecule has 1 aromatic carbocycles. The number of anilines is 1. The third-order valence-corrected chi connectivity index (χ3v) is 4.99. The van der Waals surface area contributed by atoms with Crippen LogP contribution >= 0.6 is 0 Å². The van der Waals surface area contributed by atoms with Crippen LogP contribution in [0.1, 0.15) is 46.1 Å². The Labute approximate surface area is 160 Å². The molecule has 150 valence electrons. The molecule has 0 spiro atoms. The van der Waals surface area contributed by atoms with E-state index in [1.807, 2.05) is 6.07 Å². The van der Waals surface area contributed by atoms with Crippen molar-refractivity contribution in [1.29, 1.82) is 0 Å². The number of nitrogens with one attached hydrogen (secondary N) is 2. The van der Waals surface area contributed by atoms with Gasteiger partial charge in [-0.1, -0.05) is 26.8 Å². The Morgan fingerprint density at radius 2 is 2.00 bits per heavy atom. The first-order valence-electron chi connectivity index (χ1n) is 9.35. The van der Waals surface area contributed by atoms with Crippen molar-refractivity contribution in [3.63, 3.8) is 0 Å². The highest BCUT2D eigenvalue weighted by Crippen LogP contribution is 2.26. The minimum atomic E-state index is -0.429. The van der Waals surface area contributed by atoms with Crippen molar-refractivity contribution in [1.82, 2.24) is 10.2 Å². The minimum absolute atomic E-state index is 0.0325. The molecule has 1 heterocycles. The molecule has 0 radical (unpaired) electrons. The van der Waals surface area contributed by atoms with Crippen molar-refractivity contribution in [2.45, 2.75) is 53.1 Å². The molecule has 1 aromatic rings. The summed E-state index contributed by atoms with van der Waals surface area (Å²) >= 11 is 0. The van der Waals surface area contributed by atoms with Gasteiger partial charge in [-0.05, 0) is 36.8 Å². The molecule has 8 heteroatoms. The Bertz CT molecular complexity index is 666. The number of hydrogen-bond donors (Lipinski definition) is 2. The van der Waals surface area contributed by atoms with Crippen LogP contribution in [0.4, 0.5) is 16.2 Å². The van der Waals surface area contributed by atoms with Gasteiger partial charge in [0.25, 0.3) is 5.69 Å². The van der Waals surface area contributed by atoms with Gasteiger partial charge in [0.2, 0.25) is 0 Å². The summed E-state index contributed by atoms with van der Waals surface area (Å²) < 4.78 is 5.15. The number of ether oxygens (including phenoxy) is 1. The fourth-order valence-electron chi connectivity index (χ4n) is 2.73. The molecule has 1 saturated heterocycles. The predicted octanol–water partition coefficient (Wildman–Crippen LogP) is 3.72. The van der Waals surface area contributed by atoms with Crippen LogP contribution in [0.3, 0.4) is 0 Å². The molecule has 1 fully saturated rings. The Balaban J connectivity index is 1.94. The normalized spacial score (nSPS) is 15.5. The summed E-state index contributed by atoms with van der Waals surface area (Å²) in [4.78, 5) is 24.5. The second kappa shape index (κ2) is 9.03. The van der Waals surface area contributed by atoms with Crippen molar-refractivity contribution in [3.05, 3.63) is 33.9 Å². The highest BCUT2D eigenvalue weighted by Gasteiger charge is 2.21. The Hall–Kier alpha value is -2.35. The fraction of sp³-hybridized carbons (Fsp3) is 0.632. The molecule has 27 heavy (non-hydrogen) atoms. The van der Waals surface area contributed by atoms with E-state index in [0.29, 0.717) is 25.3 Å². The largest absolute Gasteiger partial charge is 0.428 e. The minimum Gasteiger partial charge on any atom is -0.428 e. The molecule has 0 aromatic heterocycles. The Morgan fingerprint density at radius 3 is 2.59 bits per heavy atom. The van der Waals surface area contributed by atoms with Crippen LogP contribution < -0.4 is 10.6 Å². The molecule has 1 atom stereocenters. The zero-order chi connectivity index (χ0) is 20.0. The summed E-state index contributed by atoms with van der Waals surface area (Å²) in [7, 11) is 0. The van der Waals surface area contributed by atoms with Crippen molar-refractivity contribution < 1.29 is 14.5 Å². The number of rotatable bonds is 7. The highest BCUT2D eigenvalue weighted by atomic mass is 16.6. The van der Waals surface area contributed by atoms with E-state index in [-0.39, 0.29) is 30.0 Å². The first kappa shape index (κ1) is 21.0. The van der Waals surface area contributed by atoms with Gasteiger partial charge in [0.1, 0.15) is 5.69 Å². The Kier molecular flexibility index (Phi) is 7.01. The monoisotopic (exact) mass is 378 g/mol. The summed E-state index contributed by atoms with van der Waals surface area (Å²) in [5.41, 5.74) is 1.24. The molecular formula is C19H30N4O4. The van der Waals surface area contributed by atoms with Crippen LogP contribution in [-0.2, 0) is 11.3 Å². The maximum atomic E-state index is 11.9. The van der Waals surface area contributed by atoms with E-state index >= 15 is 0 Å². The van der Waals surface area contributed by atoms with Crippen LogP contribution in [0, 0.1) is 15.5 Å². The summed E-state index contributed by atoms with van der Waals surface area (Å²) in [6.07, 6.45) is 1.58. The number of nitrogens with zero attached hydrogens (tertiary/aromatic N) is 2. The number of nitro groups is 1. The quantitative estimate of drug-likeness (QED) is 0.426. The average molecular weight is 378 g/mol. The van der Waals surface area contributed by atoms with Gasteiger partial charge in [-0.3, -0.25) is 10.1 Å². The summed E-state index contributed by atoms with van der Waals surface area (Å²) in [6, 6.07) is 5.30.